The van der Waals surface area contributed by atoms with Crippen LogP contribution in [0.1, 0.15) is 28.9 Å². The minimum atomic E-state index is -0.189. The Morgan fingerprint density at radius 1 is 1.55 bits per heavy atom. The maximum atomic E-state index is 12.1. The summed E-state index contributed by atoms with van der Waals surface area (Å²) in [6, 6.07) is 3.87. The van der Waals surface area contributed by atoms with Gasteiger partial charge in [-0.15, -0.1) is 11.3 Å². The number of anilines is 1. The quantitative estimate of drug-likeness (QED) is 0.872. The van der Waals surface area contributed by atoms with Crippen LogP contribution >= 0.6 is 11.3 Å². The molecule has 1 atom stereocenters. The monoisotopic (exact) mass is 318 g/mol. The normalized spacial score (nSPS) is 17.7. The van der Waals surface area contributed by atoms with E-state index in [0.29, 0.717) is 12.2 Å². The predicted octanol–water partition coefficient (Wildman–Crippen LogP) is 1.43. The molecule has 1 amide bonds. The largest absolute Gasteiger partial charge is 0.394 e. The lowest BCUT2D eigenvalue weighted by Gasteiger charge is -2.21. The fourth-order valence-corrected chi connectivity index (χ4v) is 3.46. The summed E-state index contributed by atoms with van der Waals surface area (Å²) in [7, 11) is 0. The number of hydrogen-bond donors (Lipinski definition) is 2. The SMILES string of the molecule is O=C(NCc1cccnc1)c1csc(N2CCCC2CO)n1. The van der Waals surface area contributed by atoms with Gasteiger partial charge in [0.15, 0.2) is 5.13 Å². The van der Waals surface area contributed by atoms with Gasteiger partial charge in [0.25, 0.3) is 5.91 Å². The molecule has 7 heteroatoms. The summed E-state index contributed by atoms with van der Waals surface area (Å²) in [5.41, 5.74) is 1.37. The van der Waals surface area contributed by atoms with Gasteiger partial charge >= 0.3 is 0 Å². The van der Waals surface area contributed by atoms with Gasteiger partial charge in [-0.3, -0.25) is 9.78 Å². The van der Waals surface area contributed by atoms with E-state index in [9.17, 15) is 9.90 Å². The van der Waals surface area contributed by atoms with Crippen LogP contribution in [0.5, 0.6) is 0 Å². The molecule has 1 aliphatic heterocycles. The molecule has 6 nitrogen and oxygen atoms in total. The van der Waals surface area contributed by atoms with Crippen molar-refractivity contribution >= 4 is 22.4 Å². The molecule has 1 unspecified atom stereocenters. The number of aliphatic hydroxyl groups excluding tert-OH is 1. The van der Waals surface area contributed by atoms with Crippen molar-refractivity contribution in [3.63, 3.8) is 0 Å². The van der Waals surface area contributed by atoms with Gasteiger partial charge in [-0.2, -0.15) is 0 Å². The molecule has 2 N–H and O–H groups in total. The lowest BCUT2D eigenvalue weighted by atomic mass is 10.2. The zero-order valence-electron chi connectivity index (χ0n) is 12.1. The van der Waals surface area contributed by atoms with E-state index in [-0.39, 0.29) is 18.6 Å². The Morgan fingerprint density at radius 2 is 2.45 bits per heavy atom. The molecule has 116 valence electrons. The van der Waals surface area contributed by atoms with Crippen LogP contribution in [-0.4, -0.2) is 40.2 Å². The minimum absolute atomic E-state index is 0.123. The maximum Gasteiger partial charge on any atom is 0.271 e. The van der Waals surface area contributed by atoms with Gasteiger partial charge in [0, 0.05) is 30.9 Å². The second kappa shape index (κ2) is 6.85. The highest BCUT2D eigenvalue weighted by Crippen LogP contribution is 2.28. The lowest BCUT2D eigenvalue weighted by molar-refractivity contribution is 0.0946. The summed E-state index contributed by atoms with van der Waals surface area (Å²) >= 11 is 1.45. The smallest absolute Gasteiger partial charge is 0.271 e. The van der Waals surface area contributed by atoms with Gasteiger partial charge in [-0.1, -0.05) is 6.07 Å². The average Bonchev–Trinajstić information content (AvgIpc) is 3.21. The van der Waals surface area contributed by atoms with Crippen LogP contribution in [0.15, 0.2) is 29.9 Å². The van der Waals surface area contributed by atoms with Gasteiger partial charge in [0.2, 0.25) is 0 Å². The first kappa shape index (κ1) is 14.9. The van der Waals surface area contributed by atoms with Crippen LogP contribution < -0.4 is 10.2 Å². The predicted molar refractivity (Wildman–Crippen MR) is 85.0 cm³/mol. The molecule has 0 aliphatic carbocycles. The first-order valence-corrected chi connectivity index (χ1v) is 8.16. The van der Waals surface area contributed by atoms with Crippen LogP contribution in [-0.2, 0) is 6.54 Å². The second-order valence-corrected chi connectivity index (χ2v) is 6.07. The van der Waals surface area contributed by atoms with Crippen LogP contribution in [0.25, 0.3) is 0 Å². The van der Waals surface area contributed by atoms with Crippen LogP contribution in [0.2, 0.25) is 0 Å². The number of carbonyl (C=O) groups is 1. The first-order valence-electron chi connectivity index (χ1n) is 7.28. The Morgan fingerprint density at radius 3 is 3.23 bits per heavy atom. The number of nitrogens with one attached hydrogen (secondary N) is 1. The van der Waals surface area contributed by atoms with Crippen molar-refractivity contribution < 1.29 is 9.90 Å². The van der Waals surface area contributed by atoms with Crippen LogP contribution in [0.4, 0.5) is 5.13 Å². The summed E-state index contributed by atoms with van der Waals surface area (Å²) in [5, 5.41) is 14.8. The van der Waals surface area contributed by atoms with E-state index < -0.39 is 0 Å². The van der Waals surface area contributed by atoms with E-state index >= 15 is 0 Å². The molecule has 0 radical (unpaired) electrons. The molecule has 2 aromatic rings. The standard InChI is InChI=1S/C15H18N4O2S/c20-9-12-4-2-6-19(12)15-18-13(10-22-15)14(21)17-8-11-3-1-5-16-7-11/h1,3,5,7,10,12,20H,2,4,6,8-9H2,(H,17,21). The molecular weight excluding hydrogens is 300 g/mol. The van der Waals surface area contributed by atoms with E-state index in [0.717, 1.165) is 30.1 Å². The Hall–Kier alpha value is -1.99. The van der Waals surface area contributed by atoms with E-state index in [1.807, 2.05) is 12.1 Å². The molecule has 0 spiro atoms. The molecule has 0 bridgehead atoms. The number of aromatic nitrogens is 2. The van der Waals surface area contributed by atoms with Crippen molar-refractivity contribution in [2.45, 2.75) is 25.4 Å². The maximum absolute atomic E-state index is 12.1. The Kier molecular flexibility index (Phi) is 4.65. The van der Waals surface area contributed by atoms with Crippen molar-refractivity contribution in [3.05, 3.63) is 41.2 Å². The van der Waals surface area contributed by atoms with Crippen molar-refractivity contribution in [2.24, 2.45) is 0 Å². The number of nitrogens with zero attached hydrogens (tertiary/aromatic N) is 3. The van der Waals surface area contributed by atoms with Crippen molar-refractivity contribution in [1.82, 2.24) is 15.3 Å². The molecule has 1 fully saturated rings. The van der Waals surface area contributed by atoms with Crippen LogP contribution in [0, 0.1) is 0 Å². The fraction of sp³-hybridized carbons (Fsp3) is 0.400. The molecule has 22 heavy (non-hydrogen) atoms. The highest BCUT2D eigenvalue weighted by molar-refractivity contribution is 7.14. The zero-order chi connectivity index (χ0) is 15.4. The zero-order valence-corrected chi connectivity index (χ0v) is 12.9. The van der Waals surface area contributed by atoms with E-state index in [1.54, 1.807) is 17.8 Å². The van der Waals surface area contributed by atoms with Crippen molar-refractivity contribution in [2.75, 3.05) is 18.1 Å². The second-order valence-electron chi connectivity index (χ2n) is 5.23. The Balaban J connectivity index is 1.62. The Labute approximate surface area is 132 Å². The van der Waals surface area contributed by atoms with Gasteiger partial charge in [0.1, 0.15) is 5.69 Å². The molecule has 0 aromatic carbocycles. The number of rotatable bonds is 5. The minimum Gasteiger partial charge on any atom is -0.394 e. The van der Waals surface area contributed by atoms with Gasteiger partial charge in [-0.25, -0.2) is 4.98 Å². The molecular formula is C15H18N4O2S. The van der Waals surface area contributed by atoms with Gasteiger partial charge in [0.05, 0.1) is 12.6 Å². The average molecular weight is 318 g/mol. The number of aliphatic hydroxyl groups is 1. The summed E-state index contributed by atoms with van der Waals surface area (Å²) in [5.74, 6) is -0.189. The topological polar surface area (TPSA) is 78.4 Å². The third kappa shape index (κ3) is 3.26. The number of hydrogen-bond acceptors (Lipinski definition) is 6. The Bertz CT molecular complexity index is 631. The third-order valence-corrected chi connectivity index (χ3v) is 4.61. The molecule has 3 rings (SSSR count). The molecule has 3 heterocycles. The molecule has 1 saturated heterocycles. The number of amides is 1. The first-order chi connectivity index (χ1) is 10.8. The third-order valence-electron chi connectivity index (χ3n) is 3.73. The molecule has 2 aromatic heterocycles. The van der Waals surface area contributed by atoms with Crippen LogP contribution in [0.3, 0.4) is 0 Å². The van der Waals surface area contributed by atoms with Gasteiger partial charge < -0.3 is 15.3 Å². The molecule has 0 saturated carbocycles. The van der Waals surface area contributed by atoms with E-state index in [2.05, 4.69) is 20.2 Å². The summed E-state index contributed by atoms with van der Waals surface area (Å²) < 4.78 is 0. The number of pyridine rings is 1. The number of carbonyl (C=O) groups excluding carboxylic acids is 1. The van der Waals surface area contributed by atoms with Crippen molar-refractivity contribution in [3.8, 4) is 0 Å². The number of thiazole rings is 1. The fourth-order valence-electron chi connectivity index (χ4n) is 2.55. The van der Waals surface area contributed by atoms with E-state index in [1.165, 1.54) is 11.3 Å². The molecule has 1 aliphatic rings. The summed E-state index contributed by atoms with van der Waals surface area (Å²) in [6.07, 6.45) is 5.44. The highest BCUT2D eigenvalue weighted by Gasteiger charge is 2.26. The van der Waals surface area contributed by atoms with Crippen molar-refractivity contribution in [1.29, 1.82) is 0 Å². The van der Waals surface area contributed by atoms with Gasteiger partial charge in [-0.05, 0) is 24.5 Å². The summed E-state index contributed by atoms with van der Waals surface area (Å²) in [4.78, 5) is 22.7. The lowest BCUT2D eigenvalue weighted by Crippen LogP contribution is -2.32. The van der Waals surface area contributed by atoms with E-state index in [4.69, 9.17) is 0 Å². The highest BCUT2D eigenvalue weighted by atomic mass is 32.1. The summed E-state index contributed by atoms with van der Waals surface area (Å²) in [6.45, 7) is 1.44.